The molecule has 34 heavy (non-hydrogen) atoms. The first kappa shape index (κ1) is 25.5. The molecule has 5 heteroatoms. The molecule has 3 rings (SSSR count). The molecule has 3 aromatic carbocycles. The number of hydrogen-bond donors (Lipinski definition) is 3. The third kappa shape index (κ3) is 5.16. The van der Waals surface area contributed by atoms with Crippen LogP contribution in [0.5, 0.6) is 0 Å². The summed E-state index contributed by atoms with van der Waals surface area (Å²) in [7, 11) is 0. The lowest BCUT2D eigenvalue weighted by molar-refractivity contribution is -0.160. The van der Waals surface area contributed by atoms with Gasteiger partial charge in [-0.2, -0.15) is 0 Å². The number of aryl methyl sites for hydroxylation is 4. The summed E-state index contributed by atoms with van der Waals surface area (Å²) in [5.74, 6) is -1.08. The summed E-state index contributed by atoms with van der Waals surface area (Å²) in [5.41, 5.74) is 11.5. The van der Waals surface area contributed by atoms with Gasteiger partial charge in [0.2, 0.25) is 0 Å². The molecule has 3 aromatic rings. The third-order valence-electron chi connectivity index (χ3n) is 6.30. The van der Waals surface area contributed by atoms with Gasteiger partial charge in [-0.05, 0) is 106 Å². The van der Waals surface area contributed by atoms with Gasteiger partial charge in [0.25, 0.3) is 0 Å². The van der Waals surface area contributed by atoms with Gasteiger partial charge in [-0.15, -0.1) is 0 Å². The fourth-order valence-electron chi connectivity index (χ4n) is 4.29. The quantitative estimate of drug-likeness (QED) is 0.336. The van der Waals surface area contributed by atoms with E-state index in [1.807, 2.05) is 52.8 Å². The first-order valence-corrected chi connectivity index (χ1v) is 11.5. The Bertz CT molecular complexity index is 1240. The number of nitrogens with one attached hydrogen (secondary N) is 1. The van der Waals surface area contributed by atoms with Crippen LogP contribution in [0.3, 0.4) is 0 Å². The molecule has 1 unspecified atom stereocenters. The van der Waals surface area contributed by atoms with Crippen molar-refractivity contribution in [2.45, 2.75) is 67.1 Å². The van der Waals surface area contributed by atoms with Crippen LogP contribution >= 0.6 is 0 Å². The summed E-state index contributed by atoms with van der Waals surface area (Å²) >= 11 is 0. The molecule has 0 aliphatic carbocycles. The van der Waals surface area contributed by atoms with Gasteiger partial charge in [0.1, 0.15) is 0 Å². The maximum atomic E-state index is 12.4. The van der Waals surface area contributed by atoms with Gasteiger partial charge in [-0.3, -0.25) is 10.7 Å². The molecule has 0 amide bonds. The second-order valence-electron chi connectivity index (χ2n) is 10.0. The minimum absolute atomic E-state index is 0.437. The van der Waals surface area contributed by atoms with Crippen LogP contribution in [0.25, 0.3) is 22.3 Å². The Hall–Kier alpha value is -3.15. The van der Waals surface area contributed by atoms with Crippen LogP contribution in [0.15, 0.2) is 42.5 Å². The van der Waals surface area contributed by atoms with E-state index in [-0.39, 0.29) is 0 Å². The molecular formula is C29H35NO4. The van der Waals surface area contributed by atoms with Gasteiger partial charge in [0.15, 0.2) is 6.10 Å². The fourth-order valence-corrected chi connectivity index (χ4v) is 4.29. The number of carboxylic acids is 1. The van der Waals surface area contributed by atoms with Gasteiger partial charge < -0.3 is 9.84 Å². The fraction of sp³-hybridized carbons (Fsp3) is 0.345. The third-order valence-corrected chi connectivity index (χ3v) is 6.30. The molecule has 0 aromatic heterocycles. The highest BCUT2D eigenvalue weighted by Gasteiger charge is 2.31. The summed E-state index contributed by atoms with van der Waals surface area (Å²) < 4.78 is 6.03. The van der Waals surface area contributed by atoms with Gasteiger partial charge in [0, 0.05) is 11.1 Å². The van der Waals surface area contributed by atoms with Crippen molar-refractivity contribution in [1.29, 1.82) is 0 Å². The topological polar surface area (TPSA) is 78.8 Å². The van der Waals surface area contributed by atoms with Crippen molar-refractivity contribution in [2.75, 3.05) is 5.48 Å². The van der Waals surface area contributed by atoms with Crippen molar-refractivity contribution >= 4 is 11.7 Å². The van der Waals surface area contributed by atoms with Crippen LogP contribution in [-0.4, -0.2) is 21.9 Å². The van der Waals surface area contributed by atoms with E-state index >= 15 is 0 Å². The molecule has 0 saturated carbocycles. The zero-order valence-corrected chi connectivity index (χ0v) is 21.3. The summed E-state index contributed by atoms with van der Waals surface area (Å²) in [4.78, 5) is 12.4. The molecule has 0 aliphatic heterocycles. The second kappa shape index (κ2) is 9.61. The number of benzene rings is 3. The average molecular weight is 462 g/mol. The lowest BCUT2D eigenvalue weighted by Gasteiger charge is -2.29. The molecule has 0 radical (unpaired) electrons. The molecule has 0 fully saturated rings. The van der Waals surface area contributed by atoms with Gasteiger partial charge >= 0.3 is 5.97 Å². The number of hydrogen-bond acceptors (Lipinski definition) is 4. The normalized spacial score (nSPS) is 12.5. The monoisotopic (exact) mass is 461 g/mol. The Kier molecular flexibility index (Phi) is 7.20. The average Bonchev–Trinajstić information content (AvgIpc) is 2.74. The van der Waals surface area contributed by atoms with Crippen LogP contribution in [0.4, 0.5) is 5.69 Å². The van der Waals surface area contributed by atoms with Crippen LogP contribution in [0, 0.1) is 34.6 Å². The van der Waals surface area contributed by atoms with E-state index in [0.717, 1.165) is 44.5 Å². The van der Waals surface area contributed by atoms with Crippen molar-refractivity contribution in [1.82, 2.24) is 0 Å². The summed E-state index contributed by atoms with van der Waals surface area (Å²) in [6, 6.07) is 14.0. The number of carboxylic acid groups (broad SMARTS) is 1. The van der Waals surface area contributed by atoms with Crippen molar-refractivity contribution in [3.05, 3.63) is 75.8 Å². The molecule has 3 N–H and O–H groups in total. The summed E-state index contributed by atoms with van der Waals surface area (Å²) in [6.45, 7) is 15.7. The molecule has 0 bridgehead atoms. The number of anilines is 1. The summed E-state index contributed by atoms with van der Waals surface area (Å²) in [6.07, 6.45) is -1.21. The lowest BCUT2D eigenvalue weighted by Crippen LogP contribution is -2.28. The number of rotatable bonds is 6. The zero-order chi connectivity index (χ0) is 25.4. The Labute approximate surface area is 202 Å². The van der Waals surface area contributed by atoms with E-state index in [1.165, 1.54) is 5.56 Å². The Morgan fingerprint density at radius 1 is 0.824 bits per heavy atom. The highest BCUT2D eigenvalue weighted by molar-refractivity contribution is 5.91. The Balaban J connectivity index is 2.43. The van der Waals surface area contributed by atoms with E-state index in [1.54, 1.807) is 6.07 Å². The van der Waals surface area contributed by atoms with Crippen molar-refractivity contribution < 1.29 is 19.8 Å². The Morgan fingerprint density at radius 2 is 1.32 bits per heavy atom. The molecule has 1 atom stereocenters. The van der Waals surface area contributed by atoms with Crippen LogP contribution in [-0.2, 0) is 9.53 Å². The van der Waals surface area contributed by atoms with Crippen molar-refractivity contribution in [3.63, 3.8) is 0 Å². The van der Waals surface area contributed by atoms with Crippen LogP contribution < -0.4 is 5.48 Å². The molecule has 0 saturated heterocycles. The van der Waals surface area contributed by atoms with E-state index in [2.05, 4.69) is 44.5 Å². The minimum atomic E-state index is -1.21. The standard InChI is InChI=1S/C29H35NO4/c1-16-9-11-21(13-18(16)3)25-20(5)26(22-12-10-17(2)19(4)14-22)24(30-33)15-23(25)27(28(31)32)34-29(6,7)8/h9-15,27,30,33H,1-8H3,(H,31,32). The smallest absolute Gasteiger partial charge is 0.337 e. The molecular weight excluding hydrogens is 426 g/mol. The molecule has 0 aliphatic rings. The SMILES string of the molecule is Cc1ccc(-c2c(NO)cc(C(OC(C)(C)C)C(=O)O)c(-c3ccc(C)c(C)c3)c2C)cc1C. The Morgan fingerprint density at radius 3 is 1.74 bits per heavy atom. The number of ether oxygens (including phenoxy) is 1. The molecule has 0 heterocycles. The van der Waals surface area contributed by atoms with Crippen LogP contribution in [0.1, 0.15) is 60.3 Å². The van der Waals surface area contributed by atoms with E-state index in [0.29, 0.717) is 11.3 Å². The summed E-state index contributed by atoms with van der Waals surface area (Å²) in [5, 5.41) is 20.3. The minimum Gasteiger partial charge on any atom is -0.479 e. The maximum Gasteiger partial charge on any atom is 0.337 e. The van der Waals surface area contributed by atoms with Crippen molar-refractivity contribution in [2.24, 2.45) is 0 Å². The largest absolute Gasteiger partial charge is 0.479 e. The number of aliphatic carboxylic acids is 1. The maximum absolute atomic E-state index is 12.4. The van der Waals surface area contributed by atoms with Gasteiger partial charge in [0.05, 0.1) is 11.3 Å². The number of carbonyl (C=O) groups is 1. The highest BCUT2D eigenvalue weighted by atomic mass is 16.5. The molecule has 0 spiro atoms. The van der Waals surface area contributed by atoms with Gasteiger partial charge in [-0.1, -0.05) is 36.4 Å². The van der Waals surface area contributed by atoms with Gasteiger partial charge in [-0.25, -0.2) is 4.79 Å². The second-order valence-corrected chi connectivity index (χ2v) is 10.0. The lowest BCUT2D eigenvalue weighted by atomic mass is 9.84. The van der Waals surface area contributed by atoms with E-state index < -0.39 is 17.7 Å². The first-order chi connectivity index (χ1) is 15.8. The molecule has 5 nitrogen and oxygen atoms in total. The first-order valence-electron chi connectivity index (χ1n) is 11.5. The highest BCUT2D eigenvalue weighted by Crippen LogP contribution is 2.44. The predicted octanol–water partition coefficient (Wildman–Crippen LogP) is 7.30. The zero-order valence-electron chi connectivity index (χ0n) is 21.3. The van der Waals surface area contributed by atoms with Crippen molar-refractivity contribution in [3.8, 4) is 22.3 Å². The predicted molar refractivity (Wildman–Crippen MR) is 138 cm³/mol. The van der Waals surface area contributed by atoms with E-state index in [4.69, 9.17) is 4.74 Å². The molecule has 180 valence electrons. The van der Waals surface area contributed by atoms with E-state index in [9.17, 15) is 15.1 Å². The van der Waals surface area contributed by atoms with Crippen LogP contribution in [0.2, 0.25) is 0 Å².